The number of piperazine rings is 1. The van der Waals surface area contributed by atoms with Crippen molar-refractivity contribution < 1.29 is 0 Å². The fraction of sp³-hybridized carbons (Fsp3) is 0.545. The zero-order valence-electron chi connectivity index (χ0n) is 9.29. The van der Waals surface area contributed by atoms with Crippen molar-refractivity contribution in [3.63, 3.8) is 0 Å². The molecular formula is C11H17N3O. The number of anilines is 1. The molecule has 0 aliphatic carbocycles. The highest BCUT2D eigenvalue weighted by Gasteiger charge is 2.14. The maximum absolute atomic E-state index is 11.9. The van der Waals surface area contributed by atoms with Crippen LogP contribution in [0.5, 0.6) is 0 Å². The number of pyridine rings is 1. The molecule has 4 heteroatoms. The molecule has 82 valence electrons. The van der Waals surface area contributed by atoms with Crippen molar-refractivity contribution in [3.05, 3.63) is 28.2 Å². The van der Waals surface area contributed by atoms with Gasteiger partial charge in [-0.3, -0.25) is 4.79 Å². The van der Waals surface area contributed by atoms with Gasteiger partial charge >= 0.3 is 0 Å². The van der Waals surface area contributed by atoms with E-state index >= 15 is 0 Å². The van der Waals surface area contributed by atoms with Gasteiger partial charge in [-0.15, -0.1) is 0 Å². The zero-order chi connectivity index (χ0) is 10.8. The Kier molecular flexibility index (Phi) is 2.77. The van der Waals surface area contributed by atoms with Gasteiger partial charge in [-0.1, -0.05) is 0 Å². The normalized spacial score (nSPS) is 16.8. The molecule has 0 amide bonds. The van der Waals surface area contributed by atoms with Crippen molar-refractivity contribution >= 4 is 5.69 Å². The van der Waals surface area contributed by atoms with E-state index in [1.807, 2.05) is 19.2 Å². The second-order valence-electron chi connectivity index (χ2n) is 4.06. The van der Waals surface area contributed by atoms with Crippen LogP contribution < -0.4 is 15.8 Å². The van der Waals surface area contributed by atoms with Gasteiger partial charge in [0, 0.05) is 39.4 Å². The second kappa shape index (κ2) is 4.06. The number of hydrogen-bond acceptors (Lipinski definition) is 3. The third-order valence-electron chi connectivity index (χ3n) is 2.76. The Morgan fingerprint density at radius 1 is 1.33 bits per heavy atom. The summed E-state index contributed by atoms with van der Waals surface area (Å²) in [6.45, 7) is 5.76. The van der Waals surface area contributed by atoms with E-state index in [0.29, 0.717) is 0 Å². The molecule has 1 N–H and O–H groups in total. The van der Waals surface area contributed by atoms with Crippen LogP contribution in [0, 0.1) is 6.92 Å². The summed E-state index contributed by atoms with van der Waals surface area (Å²) in [6, 6.07) is 1.98. The lowest BCUT2D eigenvalue weighted by atomic mass is 10.2. The van der Waals surface area contributed by atoms with E-state index in [9.17, 15) is 4.79 Å². The quantitative estimate of drug-likeness (QED) is 0.710. The number of aromatic nitrogens is 1. The van der Waals surface area contributed by atoms with Crippen molar-refractivity contribution in [1.29, 1.82) is 0 Å². The van der Waals surface area contributed by atoms with E-state index < -0.39 is 0 Å². The molecule has 0 atom stereocenters. The minimum absolute atomic E-state index is 0.0995. The van der Waals surface area contributed by atoms with Crippen LogP contribution in [0.4, 0.5) is 5.69 Å². The second-order valence-corrected chi connectivity index (χ2v) is 4.06. The van der Waals surface area contributed by atoms with Gasteiger partial charge in [0.05, 0.1) is 0 Å². The van der Waals surface area contributed by atoms with Crippen molar-refractivity contribution in [3.8, 4) is 0 Å². The standard InChI is InChI=1S/C11H17N3O/c1-9-7-10(11(15)13(2)8-9)14-5-3-12-4-6-14/h7-8,12H,3-6H2,1-2H3. The number of nitrogens with zero attached hydrogens (tertiary/aromatic N) is 2. The van der Waals surface area contributed by atoms with Crippen LogP contribution in [0.1, 0.15) is 5.56 Å². The largest absolute Gasteiger partial charge is 0.365 e. The average Bonchev–Trinajstić information content (AvgIpc) is 2.24. The maximum atomic E-state index is 11.9. The van der Waals surface area contributed by atoms with Crippen molar-refractivity contribution in [1.82, 2.24) is 9.88 Å². The number of nitrogens with one attached hydrogen (secondary N) is 1. The molecule has 2 heterocycles. The summed E-state index contributed by atoms with van der Waals surface area (Å²) in [5.74, 6) is 0. The van der Waals surface area contributed by atoms with Crippen LogP contribution in [0.2, 0.25) is 0 Å². The fourth-order valence-corrected chi connectivity index (χ4v) is 1.99. The highest BCUT2D eigenvalue weighted by atomic mass is 16.1. The highest BCUT2D eigenvalue weighted by Crippen LogP contribution is 2.10. The molecule has 0 bridgehead atoms. The molecular weight excluding hydrogens is 190 g/mol. The molecule has 1 fully saturated rings. The molecule has 2 rings (SSSR count). The molecule has 1 aliphatic rings. The minimum Gasteiger partial charge on any atom is -0.365 e. The van der Waals surface area contributed by atoms with Crippen LogP contribution in [-0.2, 0) is 7.05 Å². The van der Waals surface area contributed by atoms with E-state index in [1.165, 1.54) is 0 Å². The Labute approximate surface area is 89.5 Å². The van der Waals surface area contributed by atoms with Gasteiger partial charge in [0.25, 0.3) is 5.56 Å². The zero-order valence-corrected chi connectivity index (χ0v) is 9.29. The fourth-order valence-electron chi connectivity index (χ4n) is 1.99. The van der Waals surface area contributed by atoms with Gasteiger partial charge in [-0.05, 0) is 18.6 Å². The van der Waals surface area contributed by atoms with Gasteiger partial charge in [0.15, 0.2) is 0 Å². The van der Waals surface area contributed by atoms with Crippen LogP contribution in [0.25, 0.3) is 0 Å². The predicted octanol–water partition coefficient (Wildman–Crippen LogP) is 0.103. The molecule has 0 aromatic carbocycles. The van der Waals surface area contributed by atoms with Crippen molar-refractivity contribution in [2.75, 3.05) is 31.1 Å². The summed E-state index contributed by atoms with van der Waals surface area (Å²) < 4.78 is 1.66. The summed E-state index contributed by atoms with van der Waals surface area (Å²) in [7, 11) is 1.81. The van der Waals surface area contributed by atoms with Crippen LogP contribution in [0.3, 0.4) is 0 Å². The maximum Gasteiger partial charge on any atom is 0.273 e. The van der Waals surface area contributed by atoms with Crippen LogP contribution in [-0.4, -0.2) is 30.7 Å². The Morgan fingerprint density at radius 2 is 2.00 bits per heavy atom. The summed E-state index contributed by atoms with van der Waals surface area (Å²) in [5, 5.41) is 3.28. The van der Waals surface area contributed by atoms with Gasteiger partial charge in [-0.2, -0.15) is 0 Å². The first-order valence-electron chi connectivity index (χ1n) is 5.31. The lowest BCUT2D eigenvalue weighted by molar-refractivity contribution is 0.585. The molecule has 0 spiro atoms. The van der Waals surface area contributed by atoms with Crippen LogP contribution in [0.15, 0.2) is 17.1 Å². The summed E-state index contributed by atoms with van der Waals surface area (Å²) in [6.07, 6.45) is 1.87. The van der Waals surface area contributed by atoms with Gasteiger partial charge in [0.2, 0.25) is 0 Å². The first kappa shape index (κ1) is 10.2. The smallest absolute Gasteiger partial charge is 0.273 e. The first-order valence-corrected chi connectivity index (χ1v) is 5.31. The first-order chi connectivity index (χ1) is 7.18. The number of hydrogen-bond donors (Lipinski definition) is 1. The van der Waals surface area contributed by atoms with E-state index in [2.05, 4.69) is 10.2 Å². The Hall–Kier alpha value is -1.29. The van der Waals surface area contributed by atoms with Gasteiger partial charge in [0.1, 0.15) is 5.69 Å². The van der Waals surface area contributed by atoms with E-state index in [1.54, 1.807) is 11.6 Å². The lowest BCUT2D eigenvalue weighted by Gasteiger charge is -2.29. The Balaban J connectivity index is 2.38. The van der Waals surface area contributed by atoms with Crippen molar-refractivity contribution in [2.24, 2.45) is 7.05 Å². The molecule has 15 heavy (non-hydrogen) atoms. The Bertz CT molecular complexity index is 405. The number of rotatable bonds is 1. The summed E-state index contributed by atoms with van der Waals surface area (Å²) in [5.41, 5.74) is 2.06. The monoisotopic (exact) mass is 207 g/mol. The third-order valence-corrected chi connectivity index (χ3v) is 2.76. The van der Waals surface area contributed by atoms with Gasteiger partial charge in [-0.25, -0.2) is 0 Å². The third kappa shape index (κ3) is 2.04. The molecule has 4 nitrogen and oxygen atoms in total. The predicted molar refractivity (Wildman–Crippen MR) is 61.5 cm³/mol. The summed E-state index contributed by atoms with van der Waals surface area (Å²) in [4.78, 5) is 14.1. The molecule has 0 unspecified atom stereocenters. The average molecular weight is 207 g/mol. The molecule has 0 radical (unpaired) electrons. The van der Waals surface area contributed by atoms with E-state index in [0.717, 1.165) is 37.4 Å². The van der Waals surface area contributed by atoms with Crippen molar-refractivity contribution in [2.45, 2.75) is 6.92 Å². The summed E-state index contributed by atoms with van der Waals surface area (Å²) >= 11 is 0. The Morgan fingerprint density at radius 3 is 2.67 bits per heavy atom. The minimum atomic E-state index is 0.0995. The molecule has 0 saturated carbocycles. The highest BCUT2D eigenvalue weighted by molar-refractivity contribution is 5.46. The molecule has 1 saturated heterocycles. The molecule has 1 aromatic rings. The molecule has 1 aromatic heterocycles. The van der Waals surface area contributed by atoms with E-state index in [-0.39, 0.29) is 5.56 Å². The van der Waals surface area contributed by atoms with Gasteiger partial charge < -0.3 is 14.8 Å². The number of aryl methyl sites for hydroxylation is 2. The lowest BCUT2D eigenvalue weighted by Crippen LogP contribution is -2.45. The topological polar surface area (TPSA) is 37.3 Å². The SMILES string of the molecule is Cc1cc(N2CCNCC2)c(=O)n(C)c1. The molecule has 1 aliphatic heterocycles. The van der Waals surface area contributed by atoms with Crippen LogP contribution >= 0.6 is 0 Å². The van der Waals surface area contributed by atoms with E-state index in [4.69, 9.17) is 0 Å².